The number of imide groups is 1. The fourth-order valence-electron chi connectivity index (χ4n) is 3.68. The monoisotopic (exact) mass is 401 g/mol. The predicted octanol–water partition coefficient (Wildman–Crippen LogP) is 4.32. The first-order valence-corrected chi connectivity index (χ1v) is 9.83. The summed E-state index contributed by atoms with van der Waals surface area (Å²) in [6.07, 6.45) is 4.43. The molecule has 0 unspecified atom stereocenters. The number of hydrogen-bond donors (Lipinski definition) is 0. The molecule has 0 bridgehead atoms. The number of thiophene rings is 1. The van der Waals surface area contributed by atoms with E-state index in [1.54, 1.807) is 23.6 Å². The minimum Gasteiger partial charge on any atom is -0.420 e. The number of halogens is 1. The summed E-state index contributed by atoms with van der Waals surface area (Å²) in [7, 11) is 0. The van der Waals surface area contributed by atoms with Crippen LogP contribution in [0.2, 0.25) is 5.02 Å². The summed E-state index contributed by atoms with van der Waals surface area (Å²) < 4.78 is 5.49. The van der Waals surface area contributed by atoms with Crippen molar-refractivity contribution in [3.05, 3.63) is 57.8 Å². The number of allylic oxidation sites excluding steroid dienone is 2. The number of rotatable bonds is 3. The Morgan fingerprint density at radius 2 is 2.07 bits per heavy atom. The zero-order valence-corrected chi connectivity index (χ0v) is 16.0. The van der Waals surface area contributed by atoms with Crippen LogP contribution in [0.25, 0.3) is 0 Å². The molecule has 1 aromatic heterocycles. The molecule has 1 aromatic carbocycles. The highest BCUT2D eigenvalue weighted by molar-refractivity contribution is 7.12. The van der Waals surface area contributed by atoms with Crippen molar-refractivity contribution in [1.82, 2.24) is 0 Å². The van der Waals surface area contributed by atoms with Crippen LogP contribution >= 0.6 is 22.9 Å². The maximum absolute atomic E-state index is 13.0. The zero-order chi connectivity index (χ0) is 19.1. The second-order valence-corrected chi connectivity index (χ2v) is 8.03. The molecule has 2 aliphatic rings. The van der Waals surface area contributed by atoms with Crippen molar-refractivity contribution in [1.29, 1.82) is 0 Å². The normalized spacial score (nSPS) is 24.2. The highest BCUT2D eigenvalue weighted by Crippen LogP contribution is 2.43. The third-order valence-corrected chi connectivity index (χ3v) is 6.04. The van der Waals surface area contributed by atoms with Crippen LogP contribution in [0, 0.1) is 17.8 Å². The molecule has 2 heterocycles. The molecule has 7 heteroatoms. The lowest BCUT2D eigenvalue weighted by molar-refractivity contribution is -0.122. The lowest BCUT2D eigenvalue weighted by Crippen LogP contribution is -2.32. The molecule has 1 aliphatic carbocycles. The van der Waals surface area contributed by atoms with Crippen molar-refractivity contribution >= 4 is 46.4 Å². The fourth-order valence-corrected chi connectivity index (χ4v) is 4.45. The number of nitrogens with zero attached hydrogens (tertiary/aromatic N) is 1. The number of hydrogen-bond acceptors (Lipinski definition) is 5. The van der Waals surface area contributed by atoms with Gasteiger partial charge in [-0.1, -0.05) is 36.7 Å². The molecule has 4 rings (SSSR count). The summed E-state index contributed by atoms with van der Waals surface area (Å²) in [6, 6.07) is 7.95. The van der Waals surface area contributed by atoms with Crippen LogP contribution in [0.15, 0.2) is 47.9 Å². The Morgan fingerprint density at radius 1 is 1.26 bits per heavy atom. The van der Waals surface area contributed by atoms with Crippen molar-refractivity contribution < 1.29 is 19.1 Å². The summed E-state index contributed by atoms with van der Waals surface area (Å²) in [6.45, 7) is 1.93. The SMILES string of the molecule is C[C@@H]1C=CC[C@@H]2C(=O)N(c3cc(Cl)ccc3OC(=O)c3cccs3)C(=O)[C@@H]12. The number of esters is 1. The Balaban J connectivity index is 1.71. The van der Waals surface area contributed by atoms with E-state index < -0.39 is 17.8 Å². The van der Waals surface area contributed by atoms with Crippen molar-refractivity contribution in [2.45, 2.75) is 13.3 Å². The maximum atomic E-state index is 13.0. The summed E-state index contributed by atoms with van der Waals surface area (Å²) in [5, 5.41) is 2.12. The lowest BCUT2D eigenvalue weighted by atomic mass is 9.78. The van der Waals surface area contributed by atoms with Crippen LogP contribution in [0.5, 0.6) is 5.75 Å². The van der Waals surface area contributed by atoms with Gasteiger partial charge in [-0.05, 0) is 42.0 Å². The molecule has 27 heavy (non-hydrogen) atoms. The Kier molecular flexibility index (Phi) is 4.61. The average molecular weight is 402 g/mol. The number of amides is 2. The fraction of sp³-hybridized carbons (Fsp3) is 0.250. The molecule has 0 radical (unpaired) electrons. The lowest BCUT2D eigenvalue weighted by Gasteiger charge is -2.22. The molecule has 1 aliphatic heterocycles. The molecular formula is C20H16ClNO4S. The molecule has 3 atom stereocenters. The van der Waals surface area contributed by atoms with Gasteiger partial charge >= 0.3 is 5.97 Å². The molecule has 0 saturated carbocycles. The summed E-state index contributed by atoms with van der Waals surface area (Å²) in [5.74, 6) is -1.78. The van der Waals surface area contributed by atoms with Gasteiger partial charge in [0.1, 0.15) is 4.88 Å². The first kappa shape index (κ1) is 17.9. The Morgan fingerprint density at radius 3 is 2.78 bits per heavy atom. The number of carbonyl (C=O) groups is 3. The van der Waals surface area contributed by atoms with E-state index in [1.165, 1.54) is 23.5 Å². The van der Waals surface area contributed by atoms with E-state index in [1.807, 2.05) is 19.1 Å². The highest BCUT2D eigenvalue weighted by atomic mass is 35.5. The van der Waals surface area contributed by atoms with Crippen LogP contribution in [-0.4, -0.2) is 17.8 Å². The van der Waals surface area contributed by atoms with Gasteiger partial charge in [0, 0.05) is 5.02 Å². The molecule has 2 aromatic rings. The second kappa shape index (κ2) is 6.94. The highest BCUT2D eigenvalue weighted by Gasteiger charge is 2.51. The van der Waals surface area contributed by atoms with Gasteiger partial charge in [0.25, 0.3) is 0 Å². The van der Waals surface area contributed by atoms with Crippen molar-refractivity contribution in [2.24, 2.45) is 17.8 Å². The van der Waals surface area contributed by atoms with E-state index in [0.717, 1.165) is 4.90 Å². The smallest absolute Gasteiger partial charge is 0.353 e. The first-order valence-electron chi connectivity index (χ1n) is 8.57. The third-order valence-electron chi connectivity index (χ3n) is 4.96. The van der Waals surface area contributed by atoms with Gasteiger partial charge in [0.05, 0.1) is 17.5 Å². The largest absolute Gasteiger partial charge is 0.420 e. The second-order valence-electron chi connectivity index (χ2n) is 6.65. The molecule has 1 saturated heterocycles. The Bertz CT molecular complexity index is 953. The minimum absolute atomic E-state index is 0.0264. The minimum atomic E-state index is -0.542. The molecule has 0 spiro atoms. The number of ether oxygens (including phenoxy) is 1. The molecule has 138 valence electrons. The summed E-state index contributed by atoms with van der Waals surface area (Å²) in [5.41, 5.74) is 0.212. The quantitative estimate of drug-likeness (QED) is 0.332. The Labute approximate surface area is 165 Å². The first-order chi connectivity index (χ1) is 13.0. The average Bonchev–Trinajstić information content (AvgIpc) is 3.25. The van der Waals surface area contributed by atoms with Crippen LogP contribution in [0.1, 0.15) is 23.0 Å². The van der Waals surface area contributed by atoms with E-state index in [0.29, 0.717) is 16.3 Å². The predicted molar refractivity (Wildman–Crippen MR) is 103 cm³/mol. The van der Waals surface area contributed by atoms with E-state index in [4.69, 9.17) is 16.3 Å². The molecular weight excluding hydrogens is 386 g/mol. The maximum Gasteiger partial charge on any atom is 0.353 e. The topological polar surface area (TPSA) is 63.7 Å². The molecule has 2 amide bonds. The zero-order valence-electron chi connectivity index (χ0n) is 14.4. The van der Waals surface area contributed by atoms with E-state index in [2.05, 4.69) is 0 Å². The van der Waals surface area contributed by atoms with Crippen molar-refractivity contribution in [3.63, 3.8) is 0 Å². The number of fused-ring (bicyclic) bond motifs is 1. The summed E-state index contributed by atoms with van der Waals surface area (Å²) in [4.78, 5) is 39.9. The van der Waals surface area contributed by atoms with Crippen LogP contribution < -0.4 is 9.64 Å². The van der Waals surface area contributed by atoms with Crippen molar-refractivity contribution in [2.75, 3.05) is 4.90 Å². The van der Waals surface area contributed by atoms with Crippen LogP contribution in [0.3, 0.4) is 0 Å². The van der Waals surface area contributed by atoms with Gasteiger partial charge in [0.2, 0.25) is 11.8 Å². The molecule has 1 fully saturated rings. The number of anilines is 1. The molecule has 5 nitrogen and oxygen atoms in total. The van der Waals surface area contributed by atoms with Gasteiger partial charge in [-0.2, -0.15) is 0 Å². The van der Waals surface area contributed by atoms with Gasteiger partial charge in [-0.15, -0.1) is 11.3 Å². The third kappa shape index (κ3) is 3.09. The van der Waals surface area contributed by atoms with Gasteiger partial charge in [-0.25, -0.2) is 9.69 Å². The standard InChI is InChI=1S/C20H16ClNO4S/c1-11-4-2-5-13-17(11)19(24)22(18(13)23)14-10-12(21)7-8-15(14)26-20(25)16-6-3-9-27-16/h2-4,6-11,13,17H,5H2,1H3/t11-,13+,17+/m1/s1. The van der Waals surface area contributed by atoms with E-state index >= 15 is 0 Å². The molecule has 0 N–H and O–H groups in total. The summed E-state index contributed by atoms with van der Waals surface area (Å²) >= 11 is 7.36. The van der Waals surface area contributed by atoms with Gasteiger partial charge in [-0.3, -0.25) is 9.59 Å². The Hall–Kier alpha value is -2.44. The number of benzene rings is 1. The van der Waals surface area contributed by atoms with Crippen molar-refractivity contribution in [3.8, 4) is 5.75 Å². The van der Waals surface area contributed by atoms with E-state index in [-0.39, 0.29) is 29.2 Å². The van der Waals surface area contributed by atoms with Gasteiger partial charge in [0.15, 0.2) is 5.75 Å². The van der Waals surface area contributed by atoms with Crippen LogP contribution in [0.4, 0.5) is 5.69 Å². The van der Waals surface area contributed by atoms with E-state index in [9.17, 15) is 14.4 Å². The van der Waals surface area contributed by atoms with Crippen LogP contribution in [-0.2, 0) is 9.59 Å². The number of carbonyl (C=O) groups excluding carboxylic acids is 3. The van der Waals surface area contributed by atoms with Gasteiger partial charge < -0.3 is 4.74 Å².